The SMILES string of the molecule is Cc1c(Cl)ccc2sc(N(Cc3cccnc3)C(=O)c3cc(C)n(C)n3)nc12. The first kappa shape index (κ1) is 18.6. The molecular formula is C20H18ClN5OS. The van der Waals surface area contributed by atoms with Crippen LogP contribution < -0.4 is 4.90 Å². The van der Waals surface area contributed by atoms with Crippen molar-refractivity contribution >= 4 is 44.2 Å². The summed E-state index contributed by atoms with van der Waals surface area (Å²) >= 11 is 7.71. The Balaban J connectivity index is 1.80. The fourth-order valence-electron chi connectivity index (χ4n) is 2.91. The van der Waals surface area contributed by atoms with E-state index in [-0.39, 0.29) is 5.91 Å². The number of benzene rings is 1. The van der Waals surface area contributed by atoms with Gasteiger partial charge in [0.1, 0.15) is 0 Å². The Hall–Kier alpha value is -2.77. The van der Waals surface area contributed by atoms with Gasteiger partial charge in [0.25, 0.3) is 5.91 Å². The normalized spacial score (nSPS) is 11.1. The molecule has 1 aromatic carbocycles. The van der Waals surface area contributed by atoms with Crippen molar-refractivity contribution < 1.29 is 4.79 Å². The first-order valence-electron chi connectivity index (χ1n) is 8.71. The number of thiazole rings is 1. The van der Waals surface area contributed by atoms with Gasteiger partial charge in [-0.1, -0.05) is 29.0 Å². The monoisotopic (exact) mass is 411 g/mol. The summed E-state index contributed by atoms with van der Waals surface area (Å²) in [7, 11) is 1.82. The predicted molar refractivity (Wildman–Crippen MR) is 112 cm³/mol. The molecule has 28 heavy (non-hydrogen) atoms. The topological polar surface area (TPSA) is 63.9 Å². The summed E-state index contributed by atoms with van der Waals surface area (Å²) in [6.45, 7) is 4.21. The van der Waals surface area contributed by atoms with Gasteiger partial charge in [0.05, 0.1) is 16.8 Å². The molecule has 0 aliphatic rings. The fourth-order valence-corrected chi connectivity index (χ4v) is 4.08. The third-order valence-electron chi connectivity index (χ3n) is 4.61. The van der Waals surface area contributed by atoms with Crippen molar-refractivity contribution in [2.75, 3.05) is 4.90 Å². The molecule has 6 nitrogen and oxygen atoms in total. The molecule has 0 N–H and O–H groups in total. The summed E-state index contributed by atoms with van der Waals surface area (Å²) in [4.78, 5) is 23.9. The van der Waals surface area contributed by atoms with E-state index in [4.69, 9.17) is 16.6 Å². The number of amides is 1. The highest BCUT2D eigenvalue weighted by Crippen LogP contribution is 2.34. The zero-order valence-corrected chi connectivity index (χ0v) is 17.3. The predicted octanol–water partition coefficient (Wildman–Crippen LogP) is 4.54. The molecule has 0 aliphatic heterocycles. The van der Waals surface area contributed by atoms with Crippen molar-refractivity contribution in [1.29, 1.82) is 0 Å². The number of rotatable bonds is 4. The molecule has 0 radical (unpaired) electrons. The second kappa shape index (κ2) is 7.33. The highest BCUT2D eigenvalue weighted by molar-refractivity contribution is 7.22. The van der Waals surface area contributed by atoms with E-state index >= 15 is 0 Å². The summed E-state index contributed by atoms with van der Waals surface area (Å²) in [6, 6.07) is 9.37. The fraction of sp³-hybridized carbons (Fsp3) is 0.200. The standard InChI is InChI=1S/C20H18ClN5OS/c1-12-9-16(24-25(12)3)19(27)26(11-14-5-4-8-22-10-14)20-23-18-13(2)15(21)6-7-17(18)28-20/h4-10H,11H2,1-3H3. The average Bonchev–Trinajstić information content (AvgIpc) is 3.27. The van der Waals surface area contributed by atoms with Crippen LogP contribution in [0.2, 0.25) is 5.02 Å². The van der Waals surface area contributed by atoms with Crippen LogP contribution in [0.15, 0.2) is 42.7 Å². The van der Waals surface area contributed by atoms with Gasteiger partial charge >= 0.3 is 0 Å². The molecule has 0 aliphatic carbocycles. The van der Waals surface area contributed by atoms with Crippen molar-refractivity contribution in [3.8, 4) is 0 Å². The molecule has 3 aromatic heterocycles. The number of pyridine rings is 1. The lowest BCUT2D eigenvalue weighted by Gasteiger charge is -2.18. The molecule has 8 heteroatoms. The molecule has 4 aromatic rings. The van der Waals surface area contributed by atoms with Gasteiger partial charge in [-0.05, 0) is 49.2 Å². The molecule has 0 saturated carbocycles. The number of hydrogen-bond donors (Lipinski definition) is 0. The third kappa shape index (κ3) is 3.39. The number of halogens is 1. The van der Waals surface area contributed by atoms with Crippen LogP contribution in [0, 0.1) is 13.8 Å². The highest BCUT2D eigenvalue weighted by atomic mass is 35.5. The van der Waals surface area contributed by atoms with Crippen molar-refractivity contribution in [2.45, 2.75) is 20.4 Å². The van der Waals surface area contributed by atoms with E-state index < -0.39 is 0 Å². The largest absolute Gasteiger partial charge is 0.280 e. The van der Waals surface area contributed by atoms with Gasteiger partial charge in [0, 0.05) is 30.2 Å². The minimum atomic E-state index is -0.199. The number of fused-ring (bicyclic) bond motifs is 1. The molecule has 0 spiro atoms. The van der Waals surface area contributed by atoms with E-state index in [0.717, 1.165) is 27.0 Å². The van der Waals surface area contributed by atoms with Crippen LogP contribution in [0.4, 0.5) is 5.13 Å². The summed E-state index contributed by atoms with van der Waals surface area (Å²) in [5, 5.41) is 5.62. The van der Waals surface area contributed by atoms with E-state index in [1.54, 1.807) is 28.0 Å². The summed E-state index contributed by atoms with van der Waals surface area (Å²) in [5.74, 6) is -0.199. The van der Waals surface area contributed by atoms with Crippen LogP contribution in [0.1, 0.15) is 27.3 Å². The first-order valence-corrected chi connectivity index (χ1v) is 9.90. The molecule has 0 bridgehead atoms. The molecule has 142 valence electrons. The summed E-state index contributed by atoms with van der Waals surface area (Å²) < 4.78 is 2.68. The Morgan fingerprint density at radius 3 is 2.79 bits per heavy atom. The van der Waals surface area contributed by atoms with Crippen molar-refractivity contribution in [1.82, 2.24) is 19.7 Å². The Labute approximate surface area is 171 Å². The Morgan fingerprint density at radius 1 is 1.29 bits per heavy atom. The molecule has 0 fully saturated rings. The molecule has 1 amide bonds. The Bertz CT molecular complexity index is 1150. The van der Waals surface area contributed by atoms with Gasteiger partial charge in [-0.2, -0.15) is 5.10 Å². The smallest absolute Gasteiger partial charge is 0.278 e. The van der Waals surface area contributed by atoms with E-state index in [9.17, 15) is 4.79 Å². The zero-order chi connectivity index (χ0) is 19.8. The van der Waals surface area contributed by atoms with Crippen LogP contribution in [0.5, 0.6) is 0 Å². The zero-order valence-electron chi connectivity index (χ0n) is 15.7. The number of aryl methyl sites for hydroxylation is 3. The summed E-state index contributed by atoms with van der Waals surface area (Å²) in [5.41, 5.74) is 3.94. The van der Waals surface area contributed by atoms with Gasteiger partial charge in [0.15, 0.2) is 10.8 Å². The van der Waals surface area contributed by atoms with E-state index in [0.29, 0.717) is 22.4 Å². The molecule has 0 saturated heterocycles. The molecule has 3 heterocycles. The minimum Gasteiger partial charge on any atom is -0.278 e. The van der Waals surface area contributed by atoms with E-state index in [1.165, 1.54) is 11.3 Å². The minimum absolute atomic E-state index is 0.199. The van der Waals surface area contributed by atoms with Crippen molar-refractivity contribution in [3.63, 3.8) is 0 Å². The average molecular weight is 412 g/mol. The number of aromatic nitrogens is 4. The number of carbonyl (C=O) groups is 1. The number of anilines is 1. The number of carbonyl (C=O) groups excluding carboxylic acids is 1. The van der Waals surface area contributed by atoms with Gasteiger partial charge in [-0.15, -0.1) is 0 Å². The number of hydrogen-bond acceptors (Lipinski definition) is 5. The lowest BCUT2D eigenvalue weighted by atomic mass is 10.2. The van der Waals surface area contributed by atoms with Crippen molar-refractivity contribution in [2.24, 2.45) is 7.05 Å². The maximum absolute atomic E-state index is 13.3. The van der Waals surface area contributed by atoms with Gasteiger partial charge in [-0.25, -0.2) is 4.98 Å². The third-order valence-corrected chi connectivity index (χ3v) is 6.06. The molecule has 0 unspecified atom stereocenters. The van der Waals surface area contributed by atoms with Crippen LogP contribution >= 0.6 is 22.9 Å². The van der Waals surface area contributed by atoms with Crippen molar-refractivity contribution in [3.05, 3.63) is 70.3 Å². The second-order valence-corrected chi connectivity index (χ2v) is 7.98. The second-order valence-electron chi connectivity index (χ2n) is 6.56. The molecule has 4 rings (SSSR count). The van der Waals surface area contributed by atoms with Gasteiger partial charge in [0.2, 0.25) is 0 Å². The maximum atomic E-state index is 13.3. The van der Waals surface area contributed by atoms with E-state index in [1.807, 2.05) is 45.2 Å². The highest BCUT2D eigenvalue weighted by Gasteiger charge is 2.24. The molecule has 0 atom stereocenters. The van der Waals surface area contributed by atoms with Gasteiger partial charge < -0.3 is 0 Å². The Kier molecular flexibility index (Phi) is 4.87. The maximum Gasteiger partial charge on any atom is 0.280 e. The van der Waals surface area contributed by atoms with Crippen LogP contribution in [-0.2, 0) is 13.6 Å². The van der Waals surface area contributed by atoms with Crippen LogP contribution in [0.3, 0.4) is 0 Å². The first-order chi connectivity index (χ1) is 13.4. The Morgan fingerprint density at radius 2 is 2.11 bits per heavy atom. The molecular weight excluding hydrogens is 394 g/mol. The van der Waals surface area contributed by atoms with E-state index in [2.05, 4.69) is 10.1 Å². The lowest BCUT2D eigenvalue weighted by Crippen LogP contribution is -2.30. The lowest BCUT2D eigenvalue weighted by molar-refractivity contribution is 0.0979. The van der Waals surface area contributed by atoms with Crippen LogP contribution in [-0.4, -0.2) is 25.7 Å². The summed E-state index contributed by atoms with van der Waals surface area (Å²) in [6.07, 6.45) is 3.46. The van der Waals surface area contributed by atoms with Gasteiger partial charge in [-0.3, -0.25) is 19.4 Å². The number of nitrogens with zero attached hydrogens (tertiary/aromatic N) is 5. The quantitative estimate of drug-likeness (QED) is 0.494. The van der Waals surface area contributed by atoms with Crippen LogP contribution in [0.25, 0.3) is 10.2 Å².